The molecule has 25 heavy (non-hydrogen) atoms. The summed E-state index contributed by atoms with van der Waals surface area (Å²) in [4.78, 5) is 16.2. The summed E-state index contributed by atoms with van der Waals surface area (Å²) in [6.07, 6.45) is 3.47. The first-order valence-corrected chi connectivity index (χ1v) is 7.99. The van der Waals surface area contributed by atoms with Crippen molar-refractivity contribution in [2.45, 2.75) is 19.8 Å². The number of allylic oxidation sites excluding steroid dienone is 3. The zero-order chi connectivity index (χ0) is 18.0. The number of ether oxygens (including phenoxy) is 1. The highest BCUT2D eigenvalue weighted by Crippen LogP contribution is 2.43. The molecule has 128 valence electrons. The summed E-state index contributed by atoms with van der Waals surface area (Å²) in [5, 5.41) is 13.0. The van der Waals surface area contributed by atoms with Crippen LogP contribution >= 0.6 is 0 Å². The summed E-state index contributed by atoms with van der Waals surface area (Å²) in [6.45, 7) is 3.75. The molecule has 1 aromatic heterocycles. The molecule has 0 fully saturated rings. The Labute approximate surface area is 146 Å². The molecule has 0 aliphatic carbocycles. The van der Waals surface area contributed by atoms with Gasteiger partial charge in [0.25, 0.3) is 0 Å². The number of dihydropyridines is 1. The van der Waals surface area contributed by atoms with Crippen LogP contribution in [0.5, 0.6) is 5.75 Å². The molecule has 1 atom stereocenters. The van der Waals surface area contributed by atoms with Crippen LogP contribution < -0.4 is 10.1 Å². The summed E-state index contributed by atoms with van der Waals surface area (Å²) >= 11 is 0. The average molecular weight is 336 g/mol. The molecule has 3 rings (SSSR count). The predicted octanol–water partition coefficient (Wildman–Crippen LogP) is 3.57. The van der Waals surface area contributed by atoms with Gasteiger partial charge in [-0.2, -0.15) is 0 Å². The first-order chi connectivity index (χ1) is 12.0. The Bertz CT molecular complexity index is 852. The Morgan fingerprint density at radius 1 is 1.16 bits per heavy atom. The predicted molar refractivity (Wildman–Crippen MR) is 96.0 cm³/mol. The maximum atomic E-state index is 12.0. The molecule has 2 heterocycles. The number of carboxylic acid groups (broad SMARTS) is 1. The highest BCUT2D eigenvalue weighted by molar-refractivity contribution is 5.96. The van der Waals surface area contributed by atoms with Gasteiger partial charge in [0.1, 0.15) is 5.75 Å². The van der Waals surface area contributed by atoms with Crippen molar-refractivity contribution in [3.05, 3.63) is 76.9 Å². The highest BCUT2D eigenvalue weighted by Gasteiger charge is 2.33. The molecule has 1 aliphatic rings. The molecule has 0 radical (unpaired) electrons. The average Bonchev–Trinajstić information content (AvgIpc) is 2.61. The summed E-state index contributed by atoms with van der Waals surface area (Å²) in [6, 6.07) is 11.3. The molecule has 1 aliphatic heterocycles. The van der Waals surface area contributed by atoms with Crippen LogP contribution in [0.15, 0.2) is 65.8 Å². The maximum absolute atomic E-state index is 12.0. The van der Waals surface area contributed by atoms with Crippen LogP contribution in [0.3, 0.4) is 0 Å². The fraction of sp³-hybridized carbons (Fsp3) is 0.200. The number of methoxy groups -OCH3 is 1. The quantitative estimate of drug-likeness (QED) is 0.893. The fourth-order valence-corrected chi connectivity index (χ4v) is 3.31. The summed E-state index contributed by atoms with van der Waals surface area (Å²) in [7, 11) is 1.61. The van der Waals surface area contributed by atoms with Crippen molar-refractivity contribution in [2.24, 2.45) is 0 Å². The van der Waals surface area contributed by atoms with Gasteiger partial charge < -0.3 is 15.2 Å². The largest absolute Gasteiger partial charge is 0.497 e. The Balaban J connectivity index is 2.20. The van der Waals surface area contributed by atoms with Gasteiger partial charge in [0.05, 0.1) is 12.7 Å². The fourth-order valence-electron chi connectivity index (χ4n) is 3.31. The second-order valence-corrected chi connectivity index (χ2v) is 5.96. The van der Waals surface area contributed by atoms with Crippen LogP contribution in [-0.4, -0.2) is 23.2 Å². The lowest BCUT2D eigenvalue weighted by Crippen LogP contribution is -2.27. The molecule has 1 aromatic carbocycles. The molecule has 2 N–H and O–H groups in total. The van der Waals surface area contributed by atoms with E-state index in [2.05, 4.69) is 10.3 Å². The summed E-state index contributed by atoms with van der Waals surface area (Å²) in [5.41, 5.74) is 4.64. The smallest absolute Gasteiger partial charge is 0.334 e. The van der Waals surface area contributed by atoms with E-state index in [1.165, 1.54) is 0 Å². The first kappa shape index (κ1) is 16.8. The highest BCUT2D eigenvalue weighted by atomic mass is 16.5. The van der Waals surface area contributed by atoms with Crippen LogP contribution in [0, 0.1) is 0 Å². The number of pyridine rings is 1. The van der Waals surface area contributed by atoms with Gasteiger partial charge in [0.15, 0.2) is 0 Å². The zero-order valence-corrected chi connectivity index (χ0v) is 14.4. The Hall–Kier alpha value is -3.08. The Morgan fingerprint density at radius 2 is 1.88 bits per heavy atom. The van der Waals surface area contributed by atoms with E-state index in [9.17, 15) is 9.90 Å². The molecule has 0 bridgehead atoms. The van der Waals surface area contributed by atoms with Gasteiger partial charge in [0.2, 0.25) is 0 Å². The number of hydrogen-bond donors (Lipinski definition) is 2. The number of aliphatic carboxylic acids is 1. The van der Waals surface area contributed by atoms with Crippen LogP contribution in [0.4, 0.5) is 0 Å². The normalized spacial score (nSPS) is 17.3. The first-order valence-electron chi connectivity index (χ1n) is 7.99. The number of benzene rings is 1. The molecule has 0 saturated heterocycles. The number of nitrogens with one attached hydrogen (secondary N) is 1. The van der Waals surface area contributed by atoms with Gasteiger partial charge in [-0.25, -0.2) is 4.79 Å². The van der Waals surface area contributed by atoms with E-state index in [1.807, 2.05) is 43.3 Å². The standard InChI is InChI=1S/C20H20N2O3/c1-12-17(15-5-4-10-21-11-15)19(18(20(23)24)13(2)22-12)14-6-8-16(25-3)9-7-14/h4-11,19,22H,1-3H3,(H,23,24). The lowest BCUT2D eigenvalue weighted by atomic mass is 9.78. The van der Waals surface area contributed by atoms with Crippen molar-refractivity contribution < 1.29 is 14.6 Å². The number of aromatic nitrogens is 1. The third kappa shape index (κ3) is 3.13. The zero-order valence-electron chi connectivity index (χ0n) is 14.4. The molecule has 0 saturated carbocycles. The lowest BCUT2D eigenvalue weighted by molar-refractivity contribution is -0.132. The molecular formula is C20H20N2O3. The topological polar surface area (TPSA) is 71.5 Å². The van der Waals surface area contributed by atoms with Crippen molar-refractivity contribution in [1.29, 1.82) is 0 Å². The molecule has 5 nitrogen and oxygen atoms in total. The molecule has 1 unspecified atom stereocenters. The van der Waals surface area contributed by atoms with Gasteiger partial charge >= 0.3 is 5.97 Å². The van der Waals surface area contributed by atoms with Crippen molar-refractivity contribution in [2.75, 3.05) is 7.11 Å². The van der Waals surface area contributed by atoms with Crippen molar-refractivity contribution in [3.63, 3.8) is 0 Å². The van der Waals surface area contributed by atoms with E-state index in [0.29, 0.717) is 11.3 Å². The second-order valence-electron chi connectivity index (χ2n) is 5.96. The molecular weight excluding hydrogens is 316 g/mol. The Kier molecular flexibility index (Phi) is 4.57. The van der Waals surface area contributed by atoms with Crippen LogP contribution in [0.1, 0.15) is 30.9 Å². The lowest BCUT2D eigenvalue weighted by Gasteiger charge is -2.31. The Morgan fingerprint density at radius 3 is 2.44 bits per heavy atom. The minimum absolute atomic E-state index is 0.342. The van der Waals surface area contributed by atoms with Crippen LogP contribution in [0.25, 0.3) is 5.57 Å². The number of rotatable bonds is 4. The van der Waals surface area contributed by atoms with Gasteiger partial charge in [-0.05, 0) is 48.7 Å². The monoisotopic (exact) mass is 336 g/mol. The summed E-state index contributed by atoms with van der Waals surface area (Å²) in [5.74, 6) is -0.576. The van der Waals surface area contributed by atoms with Crippen molar-refractivity contribution in [1.82, 2.24) is 10.3 Å². The van der Waals surface area contributed by atoms with E-state index in [1.54, 1.807) is 26.4 Å². The van der Waals surface area contributed by atoms with Gasteiger partial charge in [0, 0.05) is 29.7 Å². The minimum atomic E-state index is -0.931. The third-order valence-corrected chi connectivity index (χ3v) is 4.41. The number of carbonyl (C=O) groups is 1. The maximum Gasteiger partial charge on any atom is 0.334 e. The van der Waals surface area contributed by atoms with Gasteiger partial charge in [-0.15, -0.1) is 0 Å². The van der Waals surface area contributed by atoms with Gasteiger partial charge in [-0.1, -0.05) is 18.2 Å². The molecule has 2 aromatic rings. The second kappa shape index (κ2) is 6.81. The number of hydrogen-bond acceptors (Lipinski definition) is 4. The third-order valence-electron chi connectivity index (χ3n) is 4.41. The van der Waals surface area contributed by atoms with E-state index in [-0.39, 0.29) is 5.92 Å². The number of nitrogens with zero attached hydrogens (tertiary/aromatic N) is 1. The molecule has 0 spiro atoms. The molecule has 5 heteroatoms. The number of carboxylic acids is 1. The van der Waals surface area contributed by atoms with E-state index >= 15 is 0 Å². The SMILES string of the molecule is COc1ccc(C2C(C(=O)O)=C(C)NC(C)=C2c2cccnc2)cc1. The molecule has 0 amide bonds. The van der Waals surface area contributed by atoms with Gasteiger partial charge in [-0.3, -0.25) is 4.98 Å². The van der Waals surface area contributed by atoms with Crippen LogP contribution in [-0.2, 0) is 4.79 Å². The summed E-state index contributed by atoms with van der Waals surface area (Å²) < 4.78 is 5.22. The van der Waals surface area contributed by atoms with E-state index in [4.69, 9.17) is 4.74 Å². The van der Waals surface area contributed by atoms with E-state index in [0.717, 1.165) is 28.1 Å². The van der Waals surface area contributed by atoms with Crippen molar-refractivity contribution >= 4 is 11.5 Å². The van der Waals surface area contributed by atoms with E-state index < -0.39 is 5.97 Å². The minimum Gasteiger partial charge on any atom is -0.497 e. The van der Waals surface area contributed by atoms with Crippen molar-refractivity contribution in [3.8, 4) is 5.75 Å². The van der Waals surface area contributed by atoms with Crippen LogP contribution in [0.2, 0.25) is 0 Å².